The van der Waals surface area contributed by atoms with Gasteiger partial charge in [-0.1, -0.05) is 11.6 Å². The van der Waals surface area contributed by atoms with Crippen molar-refractivity contribution in [2.24, 2.45) is 0 Å². The SMILES string of the molecule is CC(=O)N(Cc1cc(Cl)ccc1OS(=O)(=O)c1ccc(F)cc1)C1CC1. The standard InChI is InChI=1S/C18H17ClFNO4S/c1-12(22)21(16-5-6-16)11-13-10-14(19)2-9-18(13)25-26(23,24)17-7-3-15(20)4-8-17/h2-4,7-10,16H,5-6,11H2,1H3. The molecule has 0 spiro atoms. The van der Waals surface area contributed by atoms with E-state index in [2.05, 4.69) is 0 Å². The topological polar surface area (TPSA) is 63.7 Å². The summed E-state index contributed by atoms with van der Waals surface area (Å²) in [7, 11) is -4.14. The smallest absolute Gasteiger partial charge is 0.339 e. The third-order valence-electron chi connectivity index (χ3n) is 4.06. The van der Waals surface area contributed by atoms with E-state index in [0.29, 0.717) is 10.6 Å². The van der Waals surface area contributed by atoms with Crippen LogP contribution in [-0.4, -0.2) is 25.3 Å². The predicted molar refractivity (Wildman–Crippen MR) is 94.9 cm³/mol. The van der Waals surface area contributed by atoms with Crippen molar-refractivity contribution in [3.63, 3.8) is 0 Å². The van der Waals surface area contributed by atoms with E-state index in [4.69, 9.17) is 15.8 Å². The average Bonchev–Trinajstić information content (AvgIpc) is 3.39. The van der Waals surface area contributed by atoms with Gasteiger partial charge in [-0.3, -0.25) is 4.79 Å². The minimum Gasteiger partial charge on any atom is -0.379 e. The van der Waals surface area contributed by atoms with Crippen LogP contribution in [-0.2, 0) is 21.5 Å². The average molecular weight is 398 g/mol. The highest BCUT2D eigenvalue weighted by Gasteiger charge is 2.31. The summed E-state index contributed by atoms with van der Waals surface area (Å²) in [6.45, 7) is 1.67. The van der Waals surface area contributed by atoms with Gasteiger partial charge >= 0.3 is 10.1 Å². The van der Waals surface area contributed by atoms with Gasteiger partial charge in [0.2, 0.25) is 5.91 Å². The van der Waals surface area contributed by atoms with Crippen LogP contribution >= 0.6 is 11.6 Å². The van der Waals surface area contributed by atoms with Crippen LogP contribution < -0.4 is 4.18 Å². The van der Waals surface area contributed by atoms with E-state index in [-0.39, 0.29) is 29.1 Å². The van der Waals surface area contributed by atoms with Gasteiger partial charge in [-0.05, 0) is 55.3 Å². The fourth-order valence-corrected chi connectivity index (χ4v) is 3.75. The molecule has 0 saturated heterocycles. The van der Waals surface area contributed by atoms with Gasteiger partial charge in [-0.2, -0.15) is 8.42 Å². The number of hydrogen-bond acceptors (Lipinski definition) is 4. The molecule has 0 atom stereocenters. The van der Waals surface area contributed by atoms with E-state index in [1.54, 1.807) is 11.0 Å². The molecule has 0 radical (unpaired) electrons. The molecular formula is C18H17ClFNO4S. The molecule has 1 fully saturated rings. The first-order chi connectivity index (χ1) is 12.3. The number of rotatable bonds is 6. The predicted octanol–water partition coefficient (Wildman–Crippen LogP) is 3.76. The summed E-state index contributed by atoms with van der Waals surface area (Å²) in [5.74, 6) is -0.553. The first-order valence-corrected chi connectivity index (χ1v) is 9.80. The highest BCUT2D eigenvalue weighted by molar-refractivity contribution is 7.87. The Labute approximate surface area is 156 Å². The Morgan fingerprint density at radius 2 is 1.88 bits per heavy atom. The van der Waals surface area contributed by atoms with Crippen molar-refractivity contribution in [1.29, 1.82) is 0 Å². The molecule has 0 bridgehead atoms. The molecule has 0 heterocycles. The molecule has 2 aromatic rings. The maximum absolute atomic E-state index is 13.0. The molecule has 1 aliphatic rings. The second-order valence-corrected chi connectivity index (χ2v) is 8.10. The van der Waals surface area contributed by atoms with E-state index in [1.807, 2.05) is 0 Å². The van der Waals surface area contributed by atoms with Gasteiger partial charge in [0.15, 0.2) is 0 Å². The summed E-state index contributed by atoms with van der Waals surface area (Å²) in [5.41, 5.74) is 0.491. The number of carbonyl (C=O) groups is 1. The fraction of sp³-hybridized carbons (Fsp3) is 0.278. The van der Waals surface area contributed by atoms with Gasteiger partial charge in [0.25, 0.3) is 0 Å². The summed E-state index contributed by atoms with van der Waals surface area (Å²) >= 11 is 6.03. The number of halogens is 2. The van der Waals surface area contributed by atoms with Crippen molar-refractivity contribution in [3.8, 4) is 5.75 Å². The molecule has 1 aliphatic carbocycles. The molecule has 8 heteroatoms. The van der Waals surface area contributed by atoms with Crippen LogP contribution in [0.1, 0.15) is 25.3 Å². The lowest BCUT2D eigenvalue weighted by molar-refractivity contribution is -0.130. The Morgan fingerprint density at radius 3 is 2.46 bits per heavy atom. The normalized spacial score (nSPS) is 14.1. The van der Waals surface area contributed by atoms with Crippen molar-refractivity contribution < 1.29 is 21.8 Å². The van der Waals surface area contributed by atoms with Crippen molar-refractivity contribution in [1.82, 2.24) is 4.90 Å². The zero-order valence-corrected chi connectivity index (χ0v) is 15.6. The summed E-state index contributed by atoms with van der Waals surface area (Å²) in [5, 5.41) is 0.408. The van der Waals surface area contributed by atoms with Crippen molar-refractivity contribution >= 4 is 27.6 Å². The van der Waals surface area contributed by atoms with Crippen molar-refractivity contribution in [3.05, 3.63) is 58.9 Å². The molecule has 1 saturated carbocycles. The van der Waals surface area contributed by atoms with Gasteiger partial charge in [0.1, 0.15) is 16.5 Å². The summed E-state index contributed by atoms with van der Waals surface area (Å²) in [6, 6.07) is 9.05. The first kappa shape index (κ1) is 18.7. The van der Waals surface area contributed by atoms with E-state index in [9.17, 15) is 17.6 Å². The van der Waals surface area contributed by atoms with Gasteiger partial charge < -0.3 is 9.08 Å². The van der Waals surface area contributed by atoms with Crippen LogP contribution in [0.15, 0.2) is 47.4 Å². The van der Waals surface area contributed by atoms with Gasteiger partial charge in [-0.25, -0.2) is 4.39 Å². The quantitative estimate of drug-likeness (QED) is 0.696. The Balaban J connectivity index is 1.90. The second-order valence-electron chi connectivity index (χ2n) is 6.12. The molecule has 0 N–H and O–H groups in total. The Bertz CT molecular complexity index is 927. The molecule has 1 amide bonds. The van der Waals surface area contributed by atoms with E-state index in [1.165, 1.54) is 19.1 Å². The third kappa shape index (κ3) is 4.34. The van der Waals surface area contributed by atoms with Crippen LogP contribution in [0.2, 0.25) is 5.02 Å². The number of carbonyl (C=O) groups excluding carboxylic acids is 1. The highest BCUT2D eigenvalue weighted by Crippen LogP contribution is 2.32. The number of hydrogen-bond donors (Lipinski definition) is 0. The van der Waals surface area contributed by atoms with E-state index < -0.39 is 15.9 Å². The lowest BCUT2D eigenvalue weighted by Crippen LogP contribution is -2.30. The Morgan fingerprint density at radius 1 is 1.23 bits per heavy atom. The first-order valence-electron chi connectivity index (χ1n) is 8.02. The number of amides is 1. The summed E-state index contributed by atoms with van der Waals surface area (Å²) in [4.78, 5) is 13.4. The third-order valence-corrected chi connectivity index (χ3v) is 5.54. The van der Waals surface area contributed by atoms with Gasteiger partial charge in [0.05, 0.1) is 0 Å². The summed E-state index contributed by atoms with van der Waals surface area (Å²) < 4.78 is 43.2. The van der Waals surface area contributed by atoms with Gasteiger partial charge in [-0.15, -0.1) is 0 Å². The molecule has 0 unspecified atom stereocenters. The Kier molecular flexibility index (Phi) is 5.20. The molecule has 2 aromatic carbocycles. The minimum absolute atomic E-state index is 0.0885. The number of nitrogens with zero attached hydrogens (tertiary/aromatic N) is 1. The van der Waals surface area contributed by atoms with Crippen LogP contribution in [0, 0.1) is 5.82 Å². The summed E-state index contributed by atoms with van der Waals surface area (Å²) in [6.07, 6.45) is 1.84. The highest BCUT2D eigenvalue weighted by atomic mass is 35.5. The number of benzene rings is 2. The molecule has 26 heavy (non-hydrogen) atoms. The molecular weight excluding hydrogens is 381 g/mol. The van der Waals surface area contributed by atoms with E-state index in [0.717, 1.165) is 37.1 Å². The second kappa shape index (κ2) is 7.25. The largest absolute Gasteiger partial charge is 0.379 e. The maximum atomic E-state index is 13.0. The zero-order chi connectivity index (χ0) is 18.9. The molecule has 138 valence electrons. The molecule has 0 aromatic heterocycles. The van der Waals surface area contributed by atoms with Crippen LogP contribution in [0.4, 0.5) is 4.39 Å². The Hall–Kier alpha value is -2.12. The molecule has 0 aliphatic heterocycles. The van der Waals surface area contributed by atoms with E-state index >= 15 is 0 Å². The lowest BCUT2D eigenvalue weighted by atomic mass is 10.2. The maximum Gasteiger partial charge on any atom is 0.339 e. The van der Waals surface area contributed by atoms with Crippen molar-refractivity contribution in [2.75, 3.05) is 0 Å². The molecule has 3 rings (SSSR count). The monoisotopic (exact) mass is 397 g/mol. The van der Waals surface area contributed by atoms with Crippen LogP contribution in [0.3, 0.4) is 0 Å². The zero-order valence-electron chi connectivity index (χ0n) is 14.0. The van der Waals surface area contributed by atoms with Crippen molar-refractivity contribution in [2.45, 2.75) is 37.2 Å². The minimum atomic E-state index is -4.14. The van der Waals surface area contributed by atoms with Gasteiger partial charge in [0, 0.05) is 30.1 Å². The lowest BCUT2D eigenvalue weighted by Gasteiger charge is -2.22. The van der Waals surface area contributed by atoms with Crippen LogP contribution in [0.25, 0.3) is 0 Å². The van der Waals surface area contributed by atoms with Crippen LogP contribution in [0.5, 0.6) is 5.75 Å². The molecule has 5 nitrogen and oxygen atoms in total. The fourth-order valence-electron chi connectivity index (χ4n) is 2.59.